The second-order valence-corrected chi connectivity index (χ2v) is 7.42. The normalized spacial score (nSPS) is 13.1. The van der Waals surface area contributed by atoms with Crippen LogP contribution in [-0.2, 0) is 13.8 Å². The van der Waals surface area contributed by atoms with Crippen LogP contribution in [0.3, 0.4) is 0 Å². The third-order valence-corrected chi connectivity index (χ3v) is 4.00. The van der Waals surface area contributed by atoms with E-state index < -0.39 is 15.0 Å². The molecule has 1 rings (SSSR count). The van der Waals surface area contributed by atoms with Crippen molar-refractivity contribution in [3.8, 4) is 0 Å². The molecule has 1 unspecified atom stereocenters. The fraction of sp³-hybridized carbons (Fsp3) is 0.364. The van der Waals surface area contributed by atoms with Crippen LogP contribution in [0, 0.1) is 0 Å². The van der Waals surface area contributed by atoms with Crippen molar-refractivity contribution in [3.63, 3.8) is 0 Å². The molecule has 1 N–H and O–H groups in total. The number of hydrogen-bond donors (Lipinski definition) is 1. The number of amides is 1. The Bertz CT molecular complexity index is 576. The van der Waals surface area contributed by atoms with Gasteiger partial charge in [0, 0.05) is 33.9 Å². The molecule has 19 heavy (non-hydrogen) atoms. The standard InChI is InChI=1S/C11H13BrClNO4S/c1-7(6-18-2)14-11(15)8-3-9(12)5-10(4-8)19(13,16)17/h3-5,7H,6H2,1-2H3,(H,14,15). The van der Waals surface area contributed by atoms with E-state index in [-0.39, 0.29) is 16.5 Å². The lowest BCUT2D eigenvalue weighted by atomic mass is 10.2. The lowest BCUT2D eigenvalue weighted by molar-refractivity contribution is 0.0905. The first kappa shape index (κ1) is 16.4. The predicted molar refractivity (Wildman–Crippen MR) is 76.0 cm³/mol. The SMILES string of the molecule is COCC(C)NC(=O)c1cc(Br)cc(S(=O)(=O)Cl)c1. The molecule has 106 valence electrons. The van der Waals surface area contributed by atoms with Crippen LogP contribution in [0.4, 0.5) is 0 Å². The van der Waals surface area contributed by atoms with Gasteiger partial charge in [0.25, 0.3) is 15.0 Å². The Hall–Kier alpha value is -0.630. The van der Waals surface area contributed by atoms with Gasteiger partial charge < -0.3 is 10.1 Å². The van der Waals surface area contributed by atoms with Crippen molar-refractivity contribution in [1.29, 1.82) is 0 Å². The topological polar surface area (TPSA) is 72.5 Å². The summed E-state index contributed by atoms with van der Waals surface area (Å²) in [4.78, 5) is 11.8. The summed E-state index contributed by atoms with van der Waals surface area (Å²) >= 11 is 3.14. The van der Waals surface area contributed by atoms with Gasteiger partial charge in [-0.15, -0.1) is 0 Å². The minimum atomic E-state index is -3.88. The highest BCUT2D eigenvalue weighted by atomic mass is 79.9. The van der Waals surface area contributed by atoms with E-state index in [2.05, 4.69) is 21.2 Å². The lowest BCUT2D eigenvalue weighted by Gasteiger charge is -2.13. The van der Waals surface area contributed by atoms with Crippen molar-refractivity contribution < 1.29 is 17.9 Å². The Kier molecular flexibility index (Phi) is 5.79. The van der Waals surface area contributed by atoms with E-state index in [1.165, 1.54) is 25.3 Å². The zero-order valence-electron chi connectivity index (χ0n) is 10.3. The molecule has 0 saturated carbocycles. The van der Waals surface area contributed by atoms with Crippen molar-refractivity contribution in [2.75, 3.05) is 13.7 Å². The molecule has 0 fully saturated rings. The highest BCUT2D eigenvalue weighted by Crippen LogP contribution is 2.22. The average molecular weight is 371 g/mol. The van der Waals surface area contributed by atoms with Gasteiger partial charge >= 0.3 is 0 Å². The molecule has 0 bridgehead atoms. The summed E-state index contributed by atoms with van der Waals surface area (Å²) in [6.45, 7) is 2.14. The molecule has 0 radical (unpaired) electrons. The fourth-order valence-corrected chi connectivity index (χ4v) is 2.88. The smallest absolute Gasteiger partial charge is 0.261 e. The molecule has 0 saturated heterocycles. The van der Waals surface area contributed by atoms with Gasteiger partial charge in [0.2, 0.25) is 0 Å². The first-order chi connectivity index (χ1) is 8.74. The number of nitrogens with one attached hydrogen (secondary N) is 1. The van der Waals surface area contributed by atoms with Crippen molar-refractivity contribution in [2.24, 2.45) is 0 Å². The maximum absolute atomic E-state index is 11.9. The van der Waals surface area contributed by atoms with Gasteiger partial charge in [-0.3, -0.25) is 4.79 Å². The molecule has 1 aromatic carbocycles. The van der Waals surface area contributed by atoms with Crippen LogP contribution in [0.5, 0.6) is 0 Å². The van der Waals surface area contributed by atoms with E-state index in [1.54, 1.807) is 6.92 Å². The van der Waals surface area contributed by atoms with Crippen molar-refractivity contribution in [1.82, 2.24) is 5.32 Å². The molecule has 1 amide bonds. The monoisotopic (exact) mass is 369 g/mol. The molecule has 8 heteroatoms. The highest BCUT2D eigenvalue weighted by Gasteiger charge is 2.16. The van der Waals surface area contributed by atoms with Crippen molar-refractivity contribution >= 4 is 41.6 Å². The van der Waals surface area contributed by atoms with Gasteiger partial charge in [-0.2, -0.15) is 0 Å². The van der Waals surface area contributed by atoms with Gasteiger partial charge in [0.15, 0.2) is 0 Å². The second kappa shape index (κ2) is 6.69. The van der Waals surface area contributed by atoms with E-state index in [1.807, 2.05) is 0 Å². The van der Waals surface area contributed by atoms with Gasteiger partial charge in [0.05, 0.1) is 11.5 Å². The van der Waals surface area contributed by atoms with E-state index in [9.17, 15) is 13.2 Å². The lowest BCUT2D eigenvalue weighted by Crippen LogP contribution is -2.35. The van der Waals surface area contributed by atoms with E-state index in [0.717, 1.165) is 0 Å². The quantitative estimate of drug-likeness (QED) is 0.806. The number of benzene rings is 1. The van der Waals surface area contributed by atoms with Crippen molar-refractivity contribution in [2.45, 2.75) is 17.9 Å². The summed E-state index contributed by atoms with van der Waals surface area (Å²) in [7, 11) is 2.91. The zero-order valence-corrected chi connectivity index (χ0v) is 13.5. The van der Waals surface area contributed by atoms with Gasteiger partial charge in [-0.05, 0) is 25.1 Å². The molecule has 0 heterocycles. The number of rotatable bonds is 5. The largest absolute Gasteiger partial charge is 0.383 e. The van der Waals surface area contributed by atoms with E-state index >= 15 is 0 Å². The molecule has 0 aromatic heterocycles. The van der Waals surface area contributed by atoms with Crippen LogP contribution in [-0.4, -0.2) is 34.1 Å². The van der Waals surface area contributed by atoms with Crippen LogP contribution >= 0.6 is 26.6 Å². The van der Waals surface area contributed by atoms with Gasteiger partial charge in [-0.1, -0.05) is 15.9 Å². The number of carbonyl (C=O) groups is 1. The summed E-state index contributed by atoms with van der Waals surface area (Å²) in [6.07, 6.45) is 0. The molecule has 1 aromatic rings. The number of methoxy groups -OCH3 is 1. The van der Waals surface area contributed by atoms with Crippen molar-refractivity contribution in [3.05, 3.63) is 28.2 Å². The predicted octanol–water partition coefficient (Wildman–Crippen LogP) is 2.14. The molecule has 0 aliphatic carbocycles. The molecule has 0 spiro atoms. The van der Waals surface area contributed by atoms with Crippen LogP contribution < -0.4 is 5.32 Å². The first-order valence-electron chi connectivity index (χ1n) is 5.29. The molecule has 1 atom stereocenters. The van der Waals surface area contributed by atoms with Crippen LogP contribution in [0.25, 0.3) is 0 Å². The first-order valence-corrected chi connectivity index (χ1v) is 8.39. The average Bonchev–Trinajstić information content (AvgIpc) is 2.27. The molecule has 5 nitrogen and oxygen atoms in total. The molecule has 0 aliphatic heterocycles. The fourth-order valence-electron chi connectivity index (χ4n) is 1.43. The third-order valence-electron chi connectivity index (χ3n) is 2.21. The maximum atomic E-state index is 11.9. The summed E-state index contributed by atoms with van der Waals surface area (Å²) in [6, 6.07) is 3.88. The number of halogens is 2. The summed E-state index contributed by atoms with van der Waals surface area (Å²) < 4.78 is 27.9. The Morgan fingerprint density at radius 3 is 2.63 bits per heavy atom. The van der Waals surface area contributed by atoms with Crippen LogP contribution in [0.2, 0.25) is 0 Å². The number of hydrogen-bond acceptors (Lipinski definition) is 4. The Morgan fingerprint density at radius 2 is 2.11 bits per heavy atom. The highest BCUT2D eigenvalue weighted by molar-refractivity contribution is 9.10. The second-order valence-electron chi connectivity index (χ2n) is 3.94. The third kappa shape index (κ3) is 5.10. The minimum absolute atomic E-state index is 0.131. The minimum Gasteiger partial charge on any atom is -0.383 e. The summed E-state index contributed by atoms with van der Waals surface area (Å²) in [5.74, 6) is -0.396. The van der Waals surface area contributed by atoms with Crippen LogP contribution in [0.1, 0.15) is 17.3 Å². The summed E-state index contributed by atoms with van der Waals surface area (Å²) in [5.41, 5.74) is 0.205. The Balaban J connectivity index is 3.01. The Morgan fingerprint density at radius 1 is 1.47 bits per heavy atom. The molecule has 0 aliphatic rings. The van der Waals surface area contributed by atoms with E-state index in [0.29, 0.717) is 11.1 Å². The summed E-state index contributed by atoms with van der Waals surface area (Å²) in [5, 5.41) is 2.68. The number of carbonyl (C=O) groups excluding carboxylic acids is 1. The number of ether oxygens (including phenoxy) is 1. The van der Waals surface area contributed by atoms with Gasteiger partial charge in [0.1, 0.15) is 0 Å². The van der Waals surface area contributed by atoms with E-state index in [4.69, 9.17) is 15.4 Å². The van der Waals surface area contributed by atoms with Gasteiger partial charge in [-0.25, -0.2) is 8.42 Å². The molecular formula is C11H13BrClNO4S. The Labute approximate surface area is 124 Å². The molecular weight excluding hydrogens is 358 g/mol. The maximum Gasteiger partial charge on any atom is 0.261 e. The van der Waals surface area contributed by atoms with Crippen LogP contribution in [0.15, 0.2) is 27.6 Å². The zero-order chi connectivity index (χ0) is 14.6.